The summed E-state index contributed by atoms with van der Waals surface area (Å²) in [4.78, 5) is 37.5. The number of aliphatic hydroxyl groups is 1. The summed E-state index contributed by atoms with van der Waals surface area (Å²) in [7, 11) is 0. The lowest BCUT2D eigenvalue weighted by atomic mass is 9.90. The molecule has 1 fully saturated rings. The largest absolute Gasteiger partial charge is 0.477 e. The average molecular weight is 437 g/mol. The van der Waals surface area contributed by atoms with Crippen LogP contribution in [-0.4, -0.2) is 50.1 Å². The van der Waals surface area contributed by atoms with Gasteiger partial charge in [-0.2, -0.15) is 0 Å². The van der Waals surface area contributed by atoms with Crippen molar-refractivity contribution < 1.29 is 24.6 Å². The minimum absolute atomic E-state index is 0.0346. The number of carboxylic acids is 1. The Kier molecular flexibility index (Phi) is 6.92. The maximum Gasteiger partial charge on any atom is 0.354 e. The van der Waals surface area contributed by atoms with Gasteiger partial charge in [-0.1, -0.05) is 49.0 Å². The molecule has 1 aromatic rings. The van der Waals surface area contributed by atoms with Gasteiger partial charge < -0.3 is 15.5 Å². The lowest BCUT2D eigenvalue weighted by Gasteiger charge is -2.44. The van der Waals surface area contributed by atoms with E-state index in [0.717, 1.165) is 5.56 Å². The van der Waals surface area contributed by atoms with E-state index in [1.807, 2.05) is 37.3 Å². The maximum absolute atomic E-state index is 12.3. The summed E-state index contributed by atoms with van der Waals surface area (Å²) in [6.07, 6.45) is -0.106. The normalized spacial score (nSPS) is 22.7. The molecule has 0 radical (unpaired) electrons. The zero-order valence-corrected chi connectivity index (χ0v) is 17.8. The van der Waals surface area contributed by atoms with E-state index in [2.05, 4.69) is 5.32 Å². The first-order valence-electron chi connectivity index (χ1n) is 9.47. The maximum atomic E-state index is 12.3. The number of carbonyl (C=O) groups excluding carboxylic acids is 2. The van der Waals surface area contributed by atoms with Crippen LogP contribution in [0, 0.1) is 5.92 Å². The lowest BCUT2D eigenvalue weighted by molar-refractivity contribution is -0.157. The molecule has 1 aromatic carbocycles. The molecule has 29 heavy (non-hydrogen) atoms. The molecular weight excluding hydrogens is 412 g/mol. The molecule has 3 rings (SSSR count). The van der Waals surface area contributed by atoms with Gasteiger partial charge in [0.2, 0.25) is 11.8 Å². The monoisotopic (exact) mass is 436 g/mol. The topological polar surface area (TPSA) is 107 Å². The van der Waals surface area contributed by atoms with E-state index in [-0.39, 0.29) is 35.3 Å². The lowest BCUT2D eigenvalue weighted by Crippen LogP contribution is -2.61. The van der Waals surface area contributed by atoms with E-state index < -0.39 is 18.0 Å². The Morgan fingerprint density at radius 1 is 1.31 bits per heavy atom. The third-order valence-electron chi connectivity index (χ3n) is 5.02. The van der Waals surface area contributed by atoms with Crippen LogP contribution in [-0.2, 0) is 14.4 Å². The van der Waals surface area contributed by atoms with Crippen molar-refractivity contribution in [2.24, 2.45) is 5.92 Å². The number of rotatable bonds is 9. The molecule has 0 saturated carbocycles. The summed E-state index contributed by atoms with van der Waals surface area (Å²) in [5, 5.41) is 22.1. The Morgan fingerprint density at radius 2 is 2.00 bits per heavy atom. The summed E-state index contributed by atoms with van der Waals surface area (Å²) in [5.74, 6) is -1.80. The van der Waals surface area contributed by atoms with Gasteiger partial charge in [-0.3, -0.25) is 14.5 Å². The van der Waals surface area contributed by atoms with Gasteiger partial charge in [0.15, 0.2) is 5.70 Å². The number of amides is 2. The van der Waals surface area contributed by atoms with Crippen LogP contribution in [0.25, 0.3) is 0 Å². The van der Waals surface area contributed by atoms with Crippen molar-refractivity contribution in [1.29, 1.82) is 0 Å². The molecule has 2 aliphatic heterocycles. The summed E-state index contributed by atoms with van der Waals surface area (Å²) in [5.41, 5.74) is 0.978. The molecule has 0 aliphatic carbocycles. The van der Waals surface area contributed by atoms with Gasteiger partial charge >= 0.3 is 5.97 Å². The fraction of sp³-hybridized carbons (Fsp3) is 0.450. The third kappa shape index (κ3) is 4.46. The fourth-order valence-electron chi connectivity index (χ4n) is 3.39. The van der Waals surface area contributed by atoms with Gasteiger partial charge in [-0.25, -0.2) is 4.79 Å². The van der Waals surface area contributed by atoms with Crippen LogP contribution >= 0.6 is 23.5 Å². The number of hydrogen-bond donors (Lipinski definition) is 3. The number of nitrogens with zero attached hydrogens (tertiary/aromatic N) is 1. The van der Waals surface area contributed by atoms with Gasteiger partial charge in [0.1, 0.15) is 5.37 Å². The second-order valence-electron chi connectivity index (χ2n) is 6.96. The Morgan fingerprint density at radius 3 is 2.62 bits per heavy atom. The minimum atomic E-state index is -1.16. The number of fused-ring (bicyclic) bond motifs is 1. The highest BCUT2D eigenvalue weighted by Gasteiger charge is 2.58. The van der Waals surface area contributed by atoms with Crippen molar-refractivity contribution in [3.63, 3.8) is 0 Å². The summed E-state index contributed by atoms with van der Waals surface area (Å²) < 4.78 is 0.519. The van der Waals surface area contributed by atoms with Crippen LogP contribution in [0.4, 0.5) is 0 Å². The van der Waals surface area contributed by atoms with Crippen LogP contribution in [0.5, 0.6) is 0 Å². The van der Waals surface area contributed by atoms with Crippen molar-refractivity contribution in [2.75, 3.05) is 5.75 Å². The van der Waals surface area contributed by atoms with E-state index in [1.54, 1.807) is 6.92 Å². The number of benzene rings is 1. The zero-order valence-electron chi connectivity index (χ0n) is 16.2. The third-order valence-corrected chi connectivity index (χ3v) is 7.68. The molecule has 0 aromatic heterocycles. The first-order valence-corrected chi connectivity index (χ1v) is 11.3. The summed E-state index contributed by atoms with van der Waals surface area (Å²) in [6.45, 7) is 3.70. The molecule has 0 bridgehead atoms. The van der Waals surface area contributed by atoms with E-state index in [4.69, 9.17) is 0 Å². The van der Waals surface area contributed by atoms with Crippen LogP contribution in [0.1, 0.15) is 38.3 Å². The molecule has 0 unspecified atom stereocenters. The van der Waals surface area contributed by atoms with Crippen molar-refractivity contribution in [3.05, 3.63) is 45.8 Å². The SMILES string of the molecule is CC[C@H](O)[C@@H]1C(=O)N2C(C(=O)O)=C(SCCC(=O)N[C@H](C)c3ccccc3)S[C@H]12. The second kappa shape index (κ2) is 9.23. The fourth-order valence-corrected chi connectivity index (χ4v) is 6.28. The molecule has 0 spiro atoms. The van der Waals surface area contributed by atoms with Gasteiger partial charge in [0.05, 0.1) is 22.3 Å². The zero-order chi connectivity index (χ0) is 21.1. The Labute approximate surface area is 177 Å². The predicted octanol–water partition coefficient (Wildman–Crippen LogP) is 2.54. The van der Waals surface area contributed by atoms with Gasteiger partial charge in [0, 0.05) is 12.2 Å². The van der Waals surface area contributed by atoms with E-state index >= 15 is 0 Å². The Bertz CT molecular complexity index is 829. The van der Waals surface area contributed by atoms with Crippen LogP contribution in [0.15, 0.2) is 40.3 Å². The second-order valence-corrected chi connectivity index (χ2v) is 9.45. The number of aliphatic carboxylic acids is 1. The molecule has 3 N–H and O–H groups in total. The number of carbonyl (C=O) groups is 3. The van der Waals surface area contributed by atoms with Crippen molar-refractivity contribution in [1.82, 2.24) is 10.2 Å². The molecule has 1 saturated heterocycles. The first kappa shape index (κ1) is 21.7. The highest BCUT2D eigenvalue weighted by molar-refractivity contribution is 8.22. The smallest absolute Gasteiger partial charge is 0.354 e. The predicted molar refractivity (Wildman–Crippen MR) is 113 cm³/mol. The highest BCUT2D eigenvalue weighted by atomic mass is 32.2. The van der Waals surface area contributed by atoms with E-state index in [1.165, 1.54) is 28.4 Å². The number of aliphatic hydroxyl groups excluding tert-OH is 1. The quantitative estimate of drug-likeness (QED) is 0.511. The van der Waals surface area contributed by atoms with Crippen LogP contribution < -0.4 is 5.32 Å². The van der Waals surface area contributed by atoms with Crippen molar-refractivity contribution >= 4 is 41.3 Å². The van der Waals surface area contributed by atoms with Gasteiger partial charge in [0.25, 0.3) is 0 Å². The molecule has 2 amide bonds. The molecule has 7 nitrogen and oxygen atoms in total. The van der Waals surface area contributed by atoms with Crippen molar-refractivity contribution in [2.45, 2.75) is 44.2 Å². The van der Waals surface area contributed by atoms with Crippen molar-refractivity contribution in [3.8, 4) is 0 Å². The highest BCUT2D eigenvalue weighted by Crippen LogP contribution is 2.54. The molecular formula is C20H24N2O5S2. The van der Waals surface area contributed by atoms with Crippen LogP contribution in [0.3, 0.4) is 0 Å². The molecule has 2 heterocycles. The molecule has 2 aliphatic rings. The number of carboxylic acid groups (broad SMARTS) is 1. The van der Waals surface area contributed by atoms with Gasteiger partial charge in [-0.15, -0.1) is 11.8 Å². The number of hydrogen-bond acceptors (Lipinski definition) is 6. The average Bonchev–Trinajstić information content (AvgIpc) is 3.03. The number of nitrogens with one attached hydrogen (secondary N) is 1. The minimum Gasteiger partial charge on any atom is -0.477 e. The molecule has 156 valence electrons. The van der Waals surface area contributed by atoms with E-state index in [0.29, 0.717) is 16.4 Å². The molecule has 9 heteroatoms. The standard InChI is InChI=1S/C20H24N2O5S2/c1-3-13(23)15-17(25)22-16(19(26)27)20(29-18(15)22)28-10-9-14(24)21-11(2)12-7-5-4-6-8-12/h4-8,11,13,15,18,23H,3,9-10H2,1-2H3,(H,21,24)(H,26,27)/t11-,13+,15-,18-/m1/s1. The van der Waals surface area contributed by atoms with Gasteiger partial charge in [-0.05, 0) is 18.9 Å². The van der Waals surface area contributed by atoms with E-state index in [9.17, 15) is 24.6 Å². The Balaban J connectivity index is 1.55. The molecule has 4 atom stereocenters. The number of β-lactam (4-membered cyclic amide) rings is 1. The van der Waals surface area contributed by atoms with Crippen LogP contribution in [0.2, 0.25) is 0 Å². The summed E-state index contributed by atoms with van der Waals surface area (Å²) >= 11 is 2.56. The number of thioether (sulfide) groups is 2. The first-order chi connectivity index (χ1) is 13.8. The Hall–Kier alpha value is -1.97. The summed E-state index contributed by atoms with van der Waals surface area (Å²) in [6, 6.07) is 9.53.